The van der Waals surface area contributed by atoms with Gasteiger partial charge in [-0.05, 0) is 86.9 Å². The van der Waals surface area contributed by atoms with Crippen molar-refractivity contribution in [2.75, 3.05) is 14.1 Å². The van der Waals surface area contributed by atoms with Gasteiger partial charge in [-0.25, -0.2) is 14.4 Å². The van der Waals surface area contributed by atoms with E-state index in [9.17, 15) is 10.2 Å². The Balaban J connectivity index is 1.30. The Morgan fingerprint density at radius 3 is 2.78 bits per heavy atom. The van der Waals surface area contributed by atoms with E-state index in [1.807, 2.05) is 25.2 Å². The molecule has 6 nitrogen and oxygen atoms in total. The maximum Gasteiger partial charge on any atom is 0.158 e. The lowest BCUT2D eigenvalue weighted by Gasteiger charge is -2.60. The Morgan fingerprint density at radius 1 is 1.14 bits per heavy atom. The third-order valence-electron chi connectivity index (χ3n) is 10.5. The van der Waals surface area contributed by atoms with Gasteiger partial charge >= 0.3 is 0 Å². The van der Waals surface area contributed by atoms with Crippen molar-refractivity contribution in [1.82, 2.24) is 14.9 Å². The smallest absolute Gasteiger partial charge is 0.158 e. The van der Waals surface area contributed by atoms with Gasteiger partial charge < -0.3 is 19.8 Å². The second kappa shape index (κ2) is 7.22. The minimum absolute atomic E-state index is 0.00109. The summed E-state index contributed by atoms with van der Waals surface area (Å²) in [6.07, 6.45) is 8.98. The van der Waals surface area contributed by atoms with Crippen LogP contribution in [0.1, 0.15) is 51.0 Å². The van der Waals surface area contributed by atoms with Crippen LogP contribution in [-0.4, -0.2) is 74.3 Å². The highest BCUT2D eigenvalue weighted by Crippen LogP contribution is 2.71. The van der Waals surface area contributed by atoms with E-state index in [-0.39, 0.29) is 17.4 Å². The van der Waals surface area contributed by atoms with E-state index in [0.29, 0.717) is 37.7 Å². The quantitative estimate of drug-likeness (QED) is 0.622. The molecule has 36 heavy (non-hydrogen) atoms. The van der Waals surface area contributed by atoms with Gasteiger partial charge in [0.2, 0.25) is 0 Å². The molecule has 2 bridgehead atoms. The van der Waals surface area contributed by atoms with Crippen molar-refractivity contribution in [3.8, 4) is 0 Å². The Hall–Kier alpha value is -2.19. The first-order valence-corrected chi connectivity index (χ1v) is 13.2. The molecule has 3 aliphatic carbocycles. The summed E-state index contributed by atoms with van der Waals surface area (Å²) in [4.78, 5) is 10.5. The number of aliphatic hydroxyl groups excluding tert-OH is 2. The maximum atomic E-state index is 17.1. The normalized spacial score (nSPS) is 45.2. The van der Waals surface area contributed by atoms with Gasteiger partial charge in [-0.2, -0.15) is 0 Å². The molecule has 2 N–H and O–H groups in total. The van der Waals surface area contributed by atoms with Crippen LogP contribution in [-0.2, 0) is 4.74 Å². The van der Waals surface area contributed by atoms with E-state index in [4.69, 9.17) is 4.74 Å². The number of rotatable bonds is 2. The number of hydrogen-bond acceptors (Lipinski definition) is 6. The minimum atomic E-state index is -1.65. The number of alkyl halides is 1. The third kappa shape index (κ3) is 2.70. The molecule has 2 unspecified atom stereocenters. The molecule has 1 aromatic carbocycles. The van der Waals surface area contributed by atoms with Crippen LogP contribution in [0, 0.1) is 11.3 Å². The van der Waals surface area contributed by atoms with Crippen molar-refractivity contribution in [3.05, 3.63) is 54.0 Å². The van der Waals surface area contributed by atoms with Crippen LogP contribution in [0.3, 0.4) is 0 Å². The highest BCUT2D eigenvalue weighted by Gasteiger charge is 2.74. The molecular weight excluding hydrogens is 457 g/mol. The third-order valence-corrected chi connectivity index (χ3v) is 10.5. The van der Waals surface area contributed by atoms with E-state index < -0.39 is 29.1 Å². The summed E-state index contributed by atoms with van der Waals surface area (Å²) in [5, 5.41) is 23.0. The molecule has 3 heterocycles. The standard InChI is InChI=1S/C29H34FN3O3/c1-26-8-10-28(30)13-20-24(34)25(35)22(33(2)3)14-27(20)9-11-29(28,36-27)23(26)7-6-19(26)17-4-5-18-15-31-16-32-21(18)12-17/h4-6,12-13,15-16,22-25,34-35H,7-11,14H2,1-3H3/t22-,23?,24+,25+,26+,27+,28?,29-/m0/s1. The minimum Gasteiger partial charge on any atom is -0.388 e. The first-order chi connectivity index (χ1) is 17.1. The van der Waals surface area contributed by atoms with Crippen LogP contribution in [0.2, 0.25) is 0 Å². The number of benzene rings is 1. The van der Waals surface area contributed by atoms with E-state index in [1.54, 1.807) is 12.4 Å². The zero-order chi connectivity index (χ0) is 25.1. The summed E-state index contributed by atoms with van der Waals surface area (Å²) in [5.74, 6) is -0.00109. The predicted octanol–water partition coefficient (Wildman–Crippen LogP) is 3.83. The van der Waals surface area contributed by atoms with Gasteiger partial charge in [-0.3, -0.25) is 0 Å². The molecule has 7 heteroatoms. The molecule has 5 aliphatic rings. The van der Waals surface area contributed by atoms with Gasteiger partial charge in [0, 0.05) is 23.5 Å². The lowest BCUT2D eigenvalue weighted by molar-refractivity contribution is -0.239. The fraction of sp³-hybridized carbons (Fsp3) is 0.586. The van der Waals surface area contributed by atoms with E-state index in [1.165, 1.54) is 5.57 Å². The summed E-state index contributed by atoms with van der Waals surface area (Å²) >= 11 is 0. The monoisotopic (exact) mass is 491 g/mol. The van der Waals surface area contributed by atoms with Crippen molar-refractivity contribution in [2.45, 2.75) is 80.6 Å². The molecule has 7 rings (SSSR count). The van der Waals surface area contributed by atoms with Crippen LogP contribution in [0.5, 0.6) is 0 Å². The second-order valence-corrected chi connectivity index (χ2v) is 12.2. The molecule has 0 radical (unpaired) electrons. The topological polar surface area (TPSA) is 78.7 Å². The van der Waals surface area contributed by atoms with Gasteiger partial charge in [0.25, 0.3) is 0 Å². The van der Waals surface area contributed by atoms with E-state index in [0.717, 1.165) is 22.9 Å². The van der Waals surface area contributed by atoms with Crippen LogP contribution in [0.4, 0.5) is 4.39 Å². The van der Waals surface area contributed by atoms with Crippen molar-refractivity contribution >= 4 is 16.5 Å². The van der Waals surface area contributed by atoms with Crippen molar-refractivity contribution in [3.63, 3.8) is 0 Å². The fourth-order valence-electron chi connectivity index (χ4n) is 8.57. The first kappa shape index (κ1) is 23.0. The summed E-state index contributed by atoms with van der Waals surface area (Å²) in [6.45, 7) is 2.28. The molecular formula is C29H34FN3O3. The number of fused-ring (bicyclic) bond motifs is 2. The molecule has 190 valence electrons. The molecule has 1 aromatic heterocycles. The highest BCUT2D eigenvalue weighted by molar-refractivity contribution is 5.84. The predicted molar refractivity (Wildman–Crippen MR) is 135 cm³/mol. The first-order valence-electron chi connectivity index (χ1n) is 13.2. The maximum absolute atomic E-state index is 17.1. The molecule has 0 amide bonds. The molecule has 2 spiro atoms. The summed E-state index contributed by atoms with van der Waals surface area (Å²) < 4.78 is 24.1. The number of aliphatic hydroxyl groups is 2. The van der Waals surface area contributed by atoms with Crippen LogP contribution in [0.25, 0.3) is 16.5 Å². The van der Waals surface area contributed by atoms with Crippen molar-refractivity contribution in [2.24, 2.45) is 11.3 Å². The lowest BCUT2D eigenvalue weighted by Crippen LogP contribution is -2.68. The van der Waals surface area contributed by atoms with E-state index >= 15 is 4.39 Å². The second-order valence-electron chi connectivity index (χ2n) is 12.2. The fourth-order valence-corrected chi connectivity index (χ4v) is 8.57. The largest absolute Gasteiger partial charge is 0.388 e. The average Bonchev–Trinajstić information content (AvgIpc) is 3.39. The number of hydrogen-bond donors (Lipinski definition) is 2. The Bertz CT molecular complexity index is 1330. The lowest BCUT2D eigenvalue weighted by atomic mass is 9.53. The average molecular weight is 492 g/mol. The van der Waals surface area contributed by atoms with E-state index in [2.05, 4.69) is 41.2 Å². The highest BCUT2D eigenvalue weighted by atomic mass is 19.1. The van der Waals surface area contributed by atoms with Crippen LogP contribution in [0.15, 0.2) is 48.4 Å². The van der Waals surface area contributed by atoms with Gasteiger partial charge in [-0.1, -0.05) is 25.1 Å². The van der Waals surface area contributed by atoms with Crippen molar-refractivity contribution < 1.29 is 19.3 Å². The molecule has 3 fully saturated rings. The molecule has 2 aliphatic heterocycles. The number of allylic oxidation sites excluding steroid dienone is 2. The Labute approximate surface area is 210 Å². The molecule has 8 atom stereocenters. The zero-order valence-electron chi connectivity index (χ0n) is 21.1. The number of ether oxygens (including phenoxy) is 1. The van der Waals surface area contributed by atoms with Crippen molar-refractivity contribution in [1.29, 1.82) is 0 Å². The number of aromatic nitrogens is 2. The Morgan fingerprint density at radius 2 is 1.97 bits per heavy atom. The summed E-state index contributed by atoms with van der Waals surface area (Å²) in [5.41, 5.74) is 0.345. The number of nitrogens with zero attached hydrogens (tertiary/aromatic N) is 3. The summed E-state index contributed by atoms with van der Waals surface area (Å²) in [6, 6.07) is 6.08. The number of likely N-dealkylation sites (N-methyl/N-ethyl adjacent to an activating group) is 1. The van der Waals surface area contributed by atoms with Gasteiger partial charge in [0.05, 0.1) is 17.2 Å². The SMILES string of the molecule is CN(C)[C@H]1C[C@@]23CC[C@]4(O2)C2CC=C(c5ccc6cncnc6c5)[C@@]2(C)CCC4(F)C=C3[C@@H](O)[C@@H]1O. The van der Waals surface area contributed by atoms with Gasteiger partial charge in [-0.15, -0.1) is 0 Å². The Kier molecular flexibility index (Phi) is 4.61. The molecule has 1 saturated heterocycles. The molecule has 2 aromatic rings. The van der Waals surface area contributed by atoms with Crippen LogP contribution >= 0.6 is 0 Å². The van der Waals surface area contributed by atoms with Gasteiger partial charge in [0.1, 0.15) is 18.0 Å². The molecule has 2 saturated carbocycles. The zero-order valence-corrected chi connectivity index (χ0v) is 21.1. The van der Waals surface area contributed by atoms with Crippen LogP contribution < -0.4 is 0 Å². The summed E-state index contributed by atoms with van der Waals surface area (Å²) in [7, 11) is 3.83. The van der Waals surface area contributed by atoms with Gasteiger partial charge in [0.15, 0.2) is 5.67 Å². The number of halogens is 1.